The zero-order valence-electron chi connectivity index (χ0n) is 13.2. The number of ether oxygens (including phenoxy) is 1. The highest BCUT2D eigenvalue weighted by atomic mass is 19.1. The van der Waals surface area contributed by atoms with Crippen molar-refractivity contribution in [2.24, 2.45) is 11.7 Å². The molecule has 126 valence electrons. The van der Waals surface area contributed by atoms with Crippen LogP contribution in [0, 0.1) is 11.7 Å². The Balaban J connectivity index is 2.63. The van der Waals surface area contributed by atoms with Crippen LogP contribution < -0.4 is 11.1 Å². The van der Waals surface area contributed by atoms with Crippen molar-refractivity contribution in [3.05, 3.63) is 35.6 Å². The van der Waals surface area contributed by atoms with Crippen LogP contribution in [0.5, 0.6) is 0 Å². The van der Waals surface area contributed by atoms with Crippen molar-refractivity contribution in [2.75, 3.05) is 6.61 Å². The van der Waals surface area contributed by atoms with E-state index in [1.54, 1.807) is 19.9 Å². The number of nitrogens with two attached hydrogens (primary N) is 1. The molecular formula is C16H21FN2O4. The van der Waals surface area contributed by atoms with Crippen LogP contribution in [0.4, 0.5) is 4.39 Å². The highest BCUT2D eigenvalue weighted by Crippen LogP contribution is 2.09. The van der Waals surface area contributed by atoms with Gasteiger partial charge in [0.1, 0.15) is 11.9 Å². The average molecular weight is 324 g/mol. The number of primary amides is 1. The van der Waals surface area contributed by atoms with E-state index in [9.17, 15) is 18.8 Å². The molecule has 0 aromatic heterocycles. The molecule has 7 heteroatoms. The molecule has 0 radical (unpaired) electrons. The maximum Gasteiger partial charge on any atom is 0.308 e. The number of amides is 2. The Morgan fingerprint density at radius 2 is 2.04 bits per heavy atom. The van der Waals surface area contributed by atoms with E-state index in [4.69, 9.17) is 10.5 Å². The molecule has 6 nitrogen and oxygen atoms in total. The number of halogens is 1. The lowest BCUT2D eigenvalue weighted by molar-refractivity contribution is -0.148. The van der Waals surface area contributed by atoms with Gasteiger partial charge in [0.25, 0.3) is 0 Å². The summed E-state index contributed by atoms with van der Waals surface area (Å²) in [6, 6.07) is 4.61. The van der Waals surface area contributed by atoms with E-state index >= 15 is 0 Å². The van der Waals surface area contributed by atoms with Gasteiger partial charge in [-0.1, -0.05) is 19.1 Å². The summed E-state index contributed by atoms with van der Waals surface area (Å²) in [5.74, 6) is -2.71. The van der Waals surface area contributed by atoms with E-state index in [0.29, 0.717) is 5.56 Å². The van der Waals surface area contributed by atoms with Crippen LogP contribution in [0.15, 0.2) is 24.3 Å². The number of rotatable bonds is 8. The predicted octanol–water partition coefficient (Wildman–Crippen LogP) is 0.928. The third-order valence-corrected chi connectivity index (χ3v) is 3.21. The first-order chi connectivity index (χ1) is 10.8. The number of hydrogen-bond acceptors (Lipinski definition) is 4. The van der Waals surface area contributed by atoms with E-state index in [0.717, 1.165) is 0 Å². The smallest absolute Gasteiger partial charge is 0.308 e. The van der Waals surface area contributed by atoms with Gasteiger partial charge in [-0.25, -0.2) is 4.39 Å². The molecule has 1 aromatic carbocycles. The van der Waals surface area contributed by atoms with Gasteiger partial charge in [-0.15, -0.1) is 0 Å². The topological polar surface area (TPSA) is 98.5 Å². The van der Waals surface area contributed by atoms with Crippen molar-refractivity contribution >= 4 is 17.8 Å². The molecule has 0 saturated carbocycles. The van der Waals surface area contributed by atoms with Gasteiger partial charge in [0, 0.05) is 0 Å². The molecule has 23 heavy (non-hydrogen) atoms. The summed E-state index contributed by atoms with van der Waals surface area (Å²) in [5.41, 5.74) is 5.74. The highest BCUT2D eigenvalue weighted by molar-refractivity contribution is 5.88. The lowest BCUT2D eigenvalue weighted by Crippen LogP contribution is -2.46. The Morgan fingerprint density at radius 1 is 1.35 bits per heavy atom. The molecule has 2 atom stereocenters. The Hall–Kier alpha value is -2.44. The van der Waals surface area contributed by atoms with Gasteiger partial charge in [-0.3, -0.25) is 14.4 Å². The van der Waals surface area contributed by atoms with E-state index < -0.39 is 35.6 Å². The highest BCUT2D eigenvalue weighted by Gasteiger charge is 2.25. The average Bonchev–Trinajstić information content (AvgIpc) is 2.46. The molecular weight excluding hydrogens is 303 g/mol. The fourth-order valence-corrected chi connectivity index (χ4v) is 2.06. The minimum Gasteiger partial charge on any atom is -0.466 e. The fraction of sp³-hybridized carbons (Fsp3) is 0.438. The van der Waals surface area contributed by atoms with Crippen LogP contribution >= 0.6 is 0 Å². The van der Waals surface area contributed by atoms with E-state index in [1.807, 2.05) is 0 Å². The van der Waals surface area contributed by atoms with Crippen LogP contribution in [0.2, 0.25) is 0 Å². The van der Waals surface area contributed by atoms with Gasteiger partial charge in [0.2, 0.25) is 11.8 Å². The van der Waals surface area contributed by atoms with E-state index in [-0.39, 0.29) is 19.4 Å². The Labute approximate surface area is 134 Å². The molecule has 0 heterocycles. The SMILES string of the molecule is CCOC(=O)[C@H](C)C[C@H](NC(=O)Cc1cccc(F)c1)C(N)=O. The first-order valence-corrected chi connectivity index (χ1v) is 7.33. The predicted molar refractivity (Wildman–Crippen MR) is 81.6 cm³/mol. The zero-order chi connectivity index (χ0) is 17.4. The van der Waals surface area contributed by atoms with Crippen molar-refractivity contribution in [3.8, 4) is 0 Å². The maximum atomic E-state index is 13.1. The van der Waals surface area contributed by atoms with Crippen molar-refractivity contribution in [3.63, 3.8) is 0 Å². The van der Waals surface area contributed by atoms with Gasteiger partial charge in [-0.05, 0) is 31.0 Å². The number of esters is 1. The third-order valence-electron chi connectivity index (χ3n) is 3.21. The monoisotopic (exact) mass is 324 g/mol. The summed E-state index contributed by atoms with van der Waals surface area (Å²) < 4.78 is 17.9. The minimum atomic E-state index is -0.990. The molecule has 0 aliphatic carbocycles. The number of hydrogen-bond donors (Lipinski definition) is 2. The van der Waals surface area contributed by atoms with Gasteiger partial charge in [-0.2, -0.15) is 0 Å². The first-order valence-electron chi connectivity index (χ1n) is 7.33. The molecule has 0 aliphatic heterocycles. The van der Waals surface area contributed by atoms with Crippen molar-refractivity contribution < 1.29 is 23.5 Å². The van der Waals surface area contributed by atoms with Crippen LogP contribution in [-0.4, -0.2) is 30.4 Å². The van der Waals surface area contributed by atoms with Gasteiger partial charge in [0.05, 0.1) is 18.9 Å². The van der Waals surface area contributed by atoms with Crippen molar-refractivity contribution in [2.45, 2.75) is 32.7 Å². The lowest BCUT2D eigenvalue weighted by Gasteiger charge is -2.19. The molecule has 0 spiro atoms. The maximum absolute atomic E-state index is 13.1. The Bertz CT molecular complexity index is 577. The Morgan fingerprint density at radius 3 is 2.61 bits per heavy atom. The lowest BCUT2D eigenvalue weighted by atomic mass is 10.0. The fourth-order valence-electron chi connectivity index (χ4n) is 2.06. The third kappa shape index (κ3) is 6.46. The van der Waals surface area contributed by atoms with E-state index in [2.05, 4.69) is 5.32 Å². The first kappa shape index (κ1) is 18.6. The molecule has 0 saturated heterocycles. The quantitative estimate of drug-likeness (QED) is 0.695. The second-order valence-corrected chi connectivity index (χ2v) is 5.22. The molecule has 1 rings (SSSR count). The summed E-state index contributed by atoms with van der Waals surface area (Å²) in [6.07, 6.45) is -0.0433. The molecule has 0 fully saturated rings. The number of carbonyl (C=O) groups excluding carboxylic acids is 3. The Kier molecular flexibility index (Phi) is 7.18. The van der Waals surface area contributed by atoms with E-state index in [1.165, 1.54) is 18.2 Å². The molecule has 0 aliphatic rings. The summed E-state index contributed by atoms with van der Waals surface area (Å²) >= 11 is 0. The van der Waals surface area contributed by atoms with Crippen molar-refractivity contribution in [1.29, 1.82) is 0 Å². The molecule has 3 N–H and O–H groups in total. The molecule has 2 amide bonds. The van der Waals surface area contributed by atoms with Crippen LogP contribution in [-0.2, 0) is 25.5 Å². The van der Waals surface area contributed by atoms with Crippen LogP contribution in [0.1, 0.15) is 25.8 Å². The minimum absolute atomic E-state index is 0.0447. The number of carbonyl (C=O) groups is 3. The number of benzene rings is 1. The van der Waals surface area contributed by atoms with Gasteiger partial charge in [0.15, 0.2) is 0 Å². The van der Waals surface area contributed by atoms with Gasteiger partial charge < -0.3 is 15.8 Å². The van der Waals surface area contributed by atoms with Crippen LogP contribution in [0.25, 0.3) is 0 Å². The number of nitrogens with one attached hydrogen (secondary N) is 1. The molecule has 0 bridgehead atoms. The standard InChI is InChI=1S/C16H21FN2O4/c1-3-23-16(22)10(2)7-13(15(18)21)19-14(20)9-11-5-4-6-12(17)8-11/h4-6,8,10,13H,3,7,9H2,1-2H3,(H2,18,21)(H,19,20)/t10-,13+/m1/s1. The second-order valence-electron chi connectivity index (χ2n) is 5.22. The van der Waals surface area contributed by atoms with Crippen molar-refractivity contribution in [1.82, 2.24) is 5.32 Å². The zero-order valence-corrected chi connectivity index (χ0v) is 13.2. The van der Waals surface area contributed by atoms with Crippen LogP contribution in [0.3, 0.4) is 0 Å². The summed E-state index contributed by atoms with van der Waals surface area (Å²) in [4.78, 5) is 35.0. The molecule has 0 unspecified atom stereocenters. The summed E-state index contributed by atoms with van der Waals surface area (Å²) in [6.45, 7) is 3.50. The normalized spacial score (nSPS) is 13.0. The summed E-state index contributed by atoms with van der Waals surface area (Å²) in [7, 11) is 0. The van der Waals surface area contributed by atoms with Gasteiger partial charge >= 0.3 is 5.97 Å². The largest absolute Gasteiger partial charge is 0.466 e. The molecule has 1 aromatic rings. The summed E-state index contributed by atoms with van der Waals surface area (Å²) in [5, 5.41) is 2.47. The second kappa shape index (κ2) is 8.87.